The number of rotatable bonds is 9. The summed E-state index contributed by atoms with van der Waals surface area (Å²) >= 11 is 0. The van der Waals surface area contributed by atoms with Gasteiger partial charge in [0.25, 0.3) is 0 Å². The molecule has 3 atom stereocenters. The number of aliphatic hydroxyl groups is 2. The van der Waals surface area contributed by atoms with Crippen molar-refractivity contribution in [2.45, 2.75) is 44.8 Å². The van der Waals surface area contributed by atoms with E-state index in [0.717, 1.165) is 0 Å². The van der Waals surface area contributed by atoms with Crippen LogP contribution in [0.1, 0.15) is 27.2 Å². The largest absolute Gasteiger partial charge is 0.451 e. The van der Waals surface area contributed by atoms with Gasteiger partial charge in [-0.15, -0.1) is 0 Å². The van der Waals surface area contributed by atoms with E-state index in [-0.39, 0.29) is 28.2 Å². The van der Waals surface area contributed by atoms with E-state index in [2.05, 4.69) is 0 Å². The molecule has 0 aliphatic heterocycles. The lowest BCUT2D eigenvalue weighted by molar-refractivity contribution is -0.0442. The molecule has 16 heavy (non-hydrogen) atoms. The molecule has 0 radical (unpaired) electrons. The van der Waals surface area contributed by atoms with Crippen LogP contribution in [0, 0.1) is 0 Å². The van der Waals surface area contributed by atoms with Crippen LogP contribution in [0.3, 0.4) is 0 Å². The van der Waals surface area contributed by atoms with Crippen LogP contribution in [-0.2, 0) is 9.39 Å². The lowest BCUT2D eigenvalue weighted by atomic mass is 9.75. The van der Waals surface area contributed by atoms with Gasteiger partial charge in [0.2, 0.25) is 0 Å². The fraction of sp³-hybridized carbons (Fsp3) is 1.00. The normalized spacial score (nSPS) is 18.6. The smallest absolute Gasteiger partial charge is 0.303 e. The number of ether oxygens (including phenoxy) is 1. The maximum Gasteiger partial charge on any atom is 0.303 e. The first-order valence-electron chi connectivity index (χ1n) is 5.62. The monoisotopic (exact) mass is 232 g/mol. The van der Waals surface area contributed by atoms with Crippen LogP contribution in [0.25, 0.3) is 0 Å². The summed E-state index contributed by atoms with van der Waals surface area (Å²) in [6.45, 7) is 5.55. The molecule has 0 heterocycles. The first-order chi connectivity index (χ1) is 7.43. The molecule has 0 rings (SSSR count). The minimum atomic E-state index is -0.740. The minimum Gasteiger partial charge on any atom is -0.451 e. The highest BCUT2D eigenvalue weighted by Crippen LogP contribution is 2.12. The van der Waals surface area contributed by atoms with Crippen LogP contribution in [0.2, 0.25) is 0 Å². The lowest BCUT2D eigenvalue weighted by Crippen LogP contribution is -2.39. The molecule has 0 aromatic heterocycles. The van der Waals surface area contributed by atoms with E-state index < -0.39 is 17.6 Å². The van der Waals surface area contributed by atoms with E-state index in [9.17, 15) is 5.11 Å². The van der Waals surface area contributed by atoms with Gasteiger partial charge in [0, 0.05) is 0 Å². The highest BCUT2D eigenvalue weighted by molar-refractivity contribution is 6.29. The SMILES string of the molecule is CCC(C)(BO)OCC(O)COBC(C)O. The van der Waals surface area contributed by atoms with Gasteiger partial charge in [0.15, 0.2) is 0 Å². The highest BCUT2D eigenvalue weighted by atomic mass is 16.5. The molecule has 0 aliphatic carbocycles. The average molecular weight is 232 g/mol. The van der Waals surface area contributed by atoms with Crippen molar-refractivity contribution in [2.75, 3.05) is 13.2 Å². The third kappa shape index (κ3) is 7.24. The second-order valence-corrected chi connectivity index (χ2v) is 4.31. The van der Waals surface area contributed by atoms with E-state index in [0.29, 0.717) is 6.42 Å². The predicted molar refractivity (Wildman–Crippen MR) is 64.8 cm³/mol. The zero-order valence-electron chi connectivity index (χ0n) is 10.3. The molecule has 0 saturated carbocycles. The summed E-state index contributed by atoms with van der Waals surface area (Å²) in [5.41, 5.74) is -0.606. The summed E-state index contributed by atoms with van der Waals surface area (Å²) in [5, 5.41) is 27.5. The highest BCUT2D eigenvalue weighted by Gasteiger charge is 2.24. The number of aliphatic hydroxyl groups excluding tert-OH is 2. The summed E-state index contributed by atoms with van der Waals surface area (Å²) in [5.74, 6) is 0. The topological polar surface area (TPSA) is 79.2 Å². The maximum atomic E-state index is 9.50. The van der Waals surface area contributed by atoms with Crippen LogP contribution in [0.15, 0.2) is 0 Å². The Morgan fingerprint density at radius 1 is 1.31 bits per heavy atom. The van der Waals surface area contributed by atoms with Gasteiger partial charge in [-0.25, -0.2) is 0 Å². The third-order valence-corrected chi connectivity index (χ3v) is 2.38. The van der Waals surface area contributed by atoms with E-state index in [4.69, 9.17) is 19.5 Å². The molecule has 3 N–H and O–H groups in total. The van der Waals surface area contributed by atoms with E-state index in [1.54, 1.807) is 13.8 Å². The lowest BCUT2D eigenvalue weighted by Gasteiger charge is -2.26. The molecular weight excluding hydrogens is 210 g/mol. The molecule has 7 heteroatoms. The fourth-order valence-corrected chi connectivity index (χ4v) is 0.980. The predicted octanol–water partition coefficient (Wildman–Crippen LogP) is -1.46. The first-order valence-corrected chi connectivity index (χ1v) is 5.62. The van der Waals surface area contributed by atoms with Crippen molar-refractivity contribution in [2.24, 2.45) is 0 Å². The summed E-state index contributed by atoms with van der Waals surface area (Å²) in [6.07, 6.45) is -0.0683. The zero-order chi connectivity index (χ0) is 12.6. The quantitative estimate of drug-likeness (QED) is 0.423. The minimum absolute atomic E-state index is 0.0786. The van der Waals surface area contributed by atoms with Crippen LogP contribution in [0.4, 0.5) is 0 Å². The number of hydrogen-bond donors (Lipinski definition) is 3. The molecule has 0 aromatic carbocycles. The molecular formula is C9H22B2O5. The molecule has 0 saturated heterocycles. The Balaban J connectivity index is 3.67. The Morgan fingerprint density at radius 3 is 2.38 bits per heavy atom. The van der Waals surface area contributed by atoms with Gasteiger partial charge in [-0.05, 0) is 20.3 Å². The van der Waals surface area contributed by atoms with Gasteiger partial charge in [0.05, 0.1) is 30.8 Å². The van der Waals surface area contributed by atoms with Crippen molar-refractivity contribution >= 4 is 15.0 Å². The van der Waals surface area contributed by atoms with Crippen LogP contribution >= 0.6 is 0 Å². The average Bonchev–Trinajstić information content (AvgIpc) is 2.25. The Kier molecular flexibility index (Phi) is 8.05. The van der Waals surface area contributed by atoms with Gasteiger partial charge in [0.1, 0.15) is 0 Å². The fourth-order valence-electron chi connectivity index (χ4n) is 0.980. The van der Waals surface area contributed by atoms with Crippen molar-refractivity contribution in [3.05, 3.63) is 0 Å². The molecule has 0 spiro atoms. The van der Waals surface area contributed by atoms with Gasteiger partial charge in [-0.2, -0.15) is 0 Å². The Labute approximate surface area is 98.3 Å². The molecule has 94 valence electrons. The molecule has 0 aromatic rings. The van der Waals surface area contributed by atoms with Gasteiger partial charge in [-0.3, -0.25) is 0 Å². The summed E-state index contributed by atoms with van der Waals surface area (Å²) in [4.78, 5) is 0. The van der Waals surface area contributed by atoms with Crippen LogP contribution in [0.5, 0.6) is 0 Å². The van der Waals surface area contributed by atoms with Crippen LogP contribution < -0.4 is 0 Å². The summed E-state index contributed by atoms with van der Waals surface area (Å²) in [7, 11) is 0.118. The van der Waals surface area contributed by atoms with Gasteiger partial charge < -0.3 is 24.6 Å². The second-order valence-electron chi connectivity index (χ2n) is 4.31. The third-order valence-electron chi connectivity index (χ3n) is 2.38. The van der Waals surface area contributed by atoms with Gasteiger partial charge >= 0.3 is 15.0 Å². The van der Waals surface area contributed by atoms with Crippen molar-refractivity contribution < 1.29 is 24.6 Å². The zero-order valence-corrected chi connectivity index (χ0v) is 10.3. The molecule has 0 fully saturated rings. The second kappa shape index (κ2) is 8.08. The van der Waals surface area contributed by atoms with Crippen LogP contribution in [-0.4, -0.2) is 61.0 Å². The van der Waals surface area contributed by atoms with E-state index in [1.165, 1.54) is 0 Å². The van der Waals surface area contributed by atoms with Crippen molar-refractivity contribution in [3.63, 3.8) is 0 Å². The molecule has 5 nitrogen and oxygen atoms in total. The van der Waals surface area contributed by atoms with Crippen molar-refractivity contribution in [3.8, 4) is 0 Å². The van der Waals surface area contributed by atoms with Gasteiger partial charge in [-0.1, -0.05) is 6.92 Å². The first kappa shape index (κ1) is 15.9. The summed E-state index contributed by atoms with van der Waals surface area (Å²) in [6, 6.07) is -0.536. The molecule has 0 amide bonds. The molecule has 0 aliphatic rings. The Morgan fingerprint density at radius 2 is 1.94 bits per heavy atom. The van der Waals surface area contributed by atoms with E-state index in [1.807, 2.05) is 6.92 Å². The molecule has 3 unspecified atom stereocenters. The van der Waals surface area contributed by atoms with Crippen molar-refractivity contribution in [1.82, 2.24) is 0 Å². The molecule has 0 bridgehead atoms. The standard InChI is InChI=1S/C9H22B2O5/c1-4-9(3,11-14)15-5-8(13)6-16-10-7(2)12/h7-8,10-14H,4-6H2,1-3H3. The summed E-state index contributed by atoms with van der Waals surface area (Å²) < 4.78 is 10.5. The Hall–Kier alpha value is -0.0701. The number of hydrogen-bond acceptors (Lipinski definition) is 5. The van der Waals surface area contributed by atoms with E-state index >= 15 is 0 Å². The Bertz CT molecular complexity index is 175. The maximum absolute atomic E-state index is 9.50. The van der Waals surface area contributed by atoms with Crippen molar-refractivity contribution in [1.29, 1.82) is 0 Å².